The lowest BCUT2D eigenvalue weighted by atomic mass is 10.1. The van der Waals surface area contributed by atoms with Crippen LogP contribution in [0.3, 0.4) is 0 Å². The highest BCUT2D eigenvalue weighted by atomic mass is 16.5. The van der Waals surface area contributed by atoms with Gasteiger partial charge in [-0.15, -0.1) is 6.58 Å². The van der Waals surface area contributed by atoms with E-state index in [1.165, 1.54) is 5.56 Å². The van der Waals surface area contributed by atoms with E-state index in [0.717, 1.165) is 37.6 Å². The zero-order valence-electron chi connectivity index (χ0n) is 13.3. The number of nitrogens with one attached hydrogen (secondary N) is 1. The molecule has 0 radical (unpaired) electrons. The summed E-state index contributed by atoms with van der Waals surface area (Å²) in [5.41, 5.74) is 2.36. The van der Waals surface area contributed by atoms with E-state index in [1.807, 2.05) is 6.08 Å². The minimum Gasteiger partial charge on any atom is -0.495 e. The van der Waals surface area contributed by atoms with Gasteiger partial charge in [-0.1, -0.05) is 12.1 Å². The van der Waals surface area contributed by atoms with E-state index in [9.17, 15) is 0 Å². The predicted molar refractivity (Wildman–Crippen MR) is 87.1 cm³/mol. The highest BCUT2D eigenvalue weighted by Crippen LogP contribution is 2.31. The smallest absolute Gasteiger partial charge is 0.142 e. The maximum atomic E-state index is 5.80. The van der Waals surface area contributed by atoms with Crippen LogP contribution in [-0.4, -0.2) is 39.0 Å². The third-order valence-corrected chi connectivity index (χ3v) is 3.62. The van der Waals surface area contributed by atoms with Crippen LogP contribution in [0.4, 0.5) is 5.69 Å². The van der Waals surface area contributed by atoms with Crippen molar-refractivity contribution in [3.05, 3.63) is 36.4 Å². The van der Waals surface area contributed by atoms with Crippen LogP contribution in [0.25, 0.3) is 0 Å². The van der Waals surface area contributed by atoms with Gasteiger partial charge in [-0.25, -0.2) is 0 Å². The SMILES string of the molecule is C=CCNCc1ccc(N2CC(C)OC(C)C2)c(OC)c1. The van der Waals surface area contributed by atoms with Crippen molar-refractivity contribution in [1.29, 1.82) is 0 Å². The van der Waals surface area contributed by atoms with Gasteiger partial charge in [0.15, 0.2) is 0 Å². The van der Waals surface area contributed by atoms with Gasteiger partial charge in [0.1, 0.15) is 5.75 Å². The fourth-order valence-corrected chi connectivity index (χ4v) is 2.79. The number of ether oxygens (including phenoxy) is 2. The molecule has 1 aromatic rings. The van der Waals surface area contributed by atoms with E-state index in [2.05, 4.69) is 48.8 Å². The van der Waals surface area contributed by atoms with Gasteiger partial charge in [0.05, 0.1) is 25.0 Å². The van der Waals surface area contributed by atoms with E-state index in [0.29, 0.717) is 0 Å². The molecule has 4 nitrogen and oxygen atoms in total. The Morgan fingerprint density at radius 2 is 2.10 bits per heavy atom. The number of methoxy groups -OCH3 is 1. The summed E-state index contributed by atoms with van der Waals surface area (Å²) in [6.07, 6.45) is 2.35. The molecular formula is C17H26N2O2. The molecule has 1 aliphatic rings. The number of rotatable bonds is 6. The molecule has 1 aromatic carbocycles. The van der Waals surface area contributed by atoms with Gasteiger partial charge < -0.3 is 19.7 Å². The maximum Gasteiger partial charge on any atom is 0.142 e. The van der Waals surface area contributed by atoms with Gasteiger partial charge in [0, 0.05) is 26.2 Å². The van der Waals surface area contributed by atoms with Crippen LogP contribution in [0.1, 0.15) is 19.4 Å². The van der Waals surface area contributed by atoms with E-state index in [4.69, 9.17) is 9.47 Å². The Labute approximate surface area is 127 Å². The Kier molecular flexibility index (Phi) is 5.65. The zero-order valence-corrected chi connectivity index (χ0v) is 13.3. The largest absolute Gasteiger partial charge is 0.495 e. The minimum absolute atomic E-state index is 0.243. The van der Waals surface area contributed by atoms with Gasteiger partial charge in [-0.2, -0.15) is 0 Å². The molecule has 0 amide bonds. The van der Waals surface area contributed by atoms with Crippen molar-refractivity contribution in [2.75, 3.05) is 31.6 Å². The van der Waals surface area contributed by atoms with E-state index < -0.39 is 0 Å². The molecule has 2 atom stereocenters. The van der Waals surface area contributed by atoms with Crippen LogP contribution < -0.4 is 15.0 Å². The van der Waals surface area contributed by atoms with E-state index in [1.54, 1.807) is 7.11 Å². The van der Waals surface area contributed by atoms with Crippen LogP contribution in [0.5, 0.6) is 5.75 Å². The highest BCUT2D eigenvalue weighted by Gasteiger charge is 2.24. The van der Waals surface area contributed by atoms with Gasteiger partial charge in [-0.05, 0) is 31.5 Å². The number of benzene rings is 1. The molecule has 2 unspecified atom stereocenters. The number of morpholine rings is 1. The topological polar surface area (TPSA) is 33.7 Å². The first-order chi connectivity index (χ1) is 10.1. The molecule has 4 heteroatoms. The molecule has 0 bridgehead atoms. The van der Waals surface area contributed by atoms with Crippen molar-refractivity contribution in [3.63, 3.8) is 0 Å². The molecule has 1 aliphatic heterocycles. The van der Waals surface area contributed by atoms with Crippen molar-refractivity contribution in [1.82, 2.24) is 5.32 Å². The summed E-state index contributed by atoms with van der Waals surface area (Å²) in [6.45, 7) is 11.4. The molecule has 0 saturated carbocycles. The Balaban J connectivity index is 2.13. The molecule has 1 heterocycles. The monoisotopic (exact) mass is 290 g/mol. The van der Waals surface area contributed by atoms with Crippen LogP contribution in [0.2, 0.25) is 0 Å². The summed E-state index contributed by atoms with van der Waals surface area (Å²) in [6, 6.07) is 6.41. The fraction of sp³-hybridized carbons (Fsp3) is 0.529. The quantitative estimate of drug-likeness (QED) is 0.645. The lowest BCUT2D eigenvalue weighted by Gasteiger charge is -2.37. The normalized spacial score (nSPS) is 22.1. The standard InChI is InChI=1S/C17H26N2O2/c1-5-8-18-10-15-6-7-16(17(9-15)20-4)19-11-13(2)21-14(3)12-19/h5-7,9,13-14,18H,1,8,10-12H2,2-4H3. The molecule has 21 heavy (non-hydrogen) atoms. The summed E-state index contributed by atoms with van der Waals surface area (Å²) in [4.78, 5) is 2.35. The molecule has 0 aromatic heterocycles. The highest BCUT2D eigenvalue weighted by molar-refractivity contribution is 5.60. The Morgan fingerprint density at radius 1 is 1.38 bits per heavy atom. The van der Waals surface area contributed by atoms with Crippen molar-refractivity contribution >= 4 is 5.69 Å². The third-order valence-electron chi connectivity index (χ3n) is 3.62. The second-order valence-corrected chi connectivity index (χ2v) is 5.59. The van der Waals surface area contributed by atoms with Crippen molar-refractivity contribution < 1.29 is 9.47 Å². The van der Waals surface area contributed by atoms with Crippen LogP contribution in [-0.2, 0) is 11.3 Å². The lowest BCUT2D eigenvalue weighted by molar-refractivity contribution is -0.00532. The van der Waals surface area contributed by atoms with Crippen LogP contribution in [0, 0.1) is 0 Å². The summed E-state index contributed by atoms with van der Waals surface area (Å²) in [7, 11) is 1.73. The fourth-order valence-electron chi connectivity index (χ4n) is 2.79. The molecule has 2 rings (SSSR count). The van der Waals surface area contributed by atoms with Crippen LogP contribution >= 0.6 is 0 Å². The van der Waals surface area contributed by atoms with E-state index in [-0.39, 0.29) is 12.2 Å². The van der Waals surface area contributed by atoms with E-state index >= 15 is 0 Å². The van der Waals surface area contributed by atoms with Crippen molar-refractivity contribution in [2.45, 2.75) is 32.6 Å². The van der Waals surface area contributed by atoms with Crippen LogP contribution in [0.15, 0.2) is 30.9 Å². The first kappa shape index (κ1) is 15.9. The Bertz CT molecular complexity index is 466. The Morgan fingerprint density at radius 3 is 2.71 bits per heavy atom. The zero-order chi connectivity index (χ0) is 15.2. The van der Waals surface area contributed by atoms with Crippen molar-refractivity contribution in [2.24, 2.45) is 0 Å². The second kappa shape index (κ2) is 7.48. The number of hydrogen-bond acceptors (Lipinski definition) is 4. The number of hydrogen-bond donors (Lipinski definition) is 1. The van der Waals surface area contributed by atoms with Gasteiger partial charge >= 0.3 is 0 Å². The van der Waals surface area contributed by atoms with Gasteiger partial charge in [-0.3, -0.25) is 0 Å². The summed E-state index contributed by atoms with van der Waals surface area (Å²) in [5.74, 6) is 0.925. The molecule has 0 spiro atoms. The molecule has 116 valence electrons. The maximum absolute atomic E-state index is 5.80. The molecule has 1 saturated heterocycles. The Hall–Kier alpha value is -1.52. The summed E-state index contributed by atoms with van der Waals surface area (Å²) < 4.78 is 11.4. The number of nitrogens with zero attached hydrogens (tertiary/aromatic N) is 1. The predicted octanol–water partition coefficient (Wildman–Crippen LogP) is 2.58. The first-order valence-electron chi connectivity index (χ1n) is 7.53. The molecule has 1 N–H and O–H groups in total. The molecule has 0 aliphatic carbocycles. The molecule has 1 fully saturated rings. The minimum atomic E-state index is 0.243. The lowest BCUT2D eigenvalue weighted by Crippen LogP contribution is -2.45. The number of anilines is 1. The average Bonchev–Trinajstić information content (AvgIpc) is 2.46. The van der Waals surface area contributed by atoms with Gasteiger partial charge in [0.2, 0.25) is 0 Å². The molecular weight excluding hydrogens is 264 g/mol. The van der Waals surface area contributed by atoms with Gasteiger partial charge in [0.25, 0.3) is 0 Å². The third kappa shape index (κ3) is 4.22. The second-order valence-electron chi connectivity index (χ2n) is 5.59. The first-order valence-corrected chi connectivity index (χ1v) is 7.53. The average molecular weight is 290 g/mol. The summed E-state index contributed by atoms with van der Waals surface area (Å²) in [5, 5.41) is 3.31. The van der Waals surface area contributed by atoms with Crippen molar-refractivity contribution in [3.8, 4) is 5.75 Å². The summed E-state index contributed by atoms with van der Waals surface area (Å²) >= 11 is 0.